The van der Waals surface area contributed by atoms with E-state index in [9.17, 15) is 22.0 Å². The second kappa shape index (κ2) is 4.40. The van der Waals surface area contributed by atoms with Crippen molar-refractivity contribution in [1.82, 2.24) is 0 Å². The summed E-state index contributed by atoms with van der Waals surface area (Å²) in [5.41, 5.74) is -1.08. The number of rotatable bonds is 3. The molecule has 0 aliphatic heterocycles. The van der Waals surface area contributed by atoms with E-state index in [1.165, 1.54) is 0 Å². The van der Waals surface area contributed by atoms with Gasteiger partial charge in [0, 0.05) is 6.54 Å². The van der Waals surface area contributed by atoms with Crippen molar-refractivity contribution in [1.29, 1.82) is 0 Å². The summed E-state index contributed by atoms with van der Waals surface area (Å²) in [6, 6.07) is 0. The molecule has 0 radical (unpaired) electrons. The maximum atomic E-state index is 13.3. The molecule has 0 spiro atoms. The van der Waals surface area contributed by atoms with Crippen LogP contribution in [0.4, 0.5) is 27.6 Å². The summed E-state index contributed by atoms with van der Waals surface area (Å²) in [4.78, 5) is 0. The molecule has 1 aromatic rings. The van der Waals surface area contributed by atoms with Gasteiger partial charge >= 0.3 is 0 Å². The molecule has 0 bridgehead atoms. The van der Waals surface area contributed by atoms with Gasteiger partial charge in [-0.15, -0.1) is 0 Å². The zero-order chi connectivity index (χ0) is 13.5. The summed E-state index contributed by atoms with van der Waals surface area (Å²) < 4.78 is 65.3. The van der Waals surface area contributed by atoms with Crippen LogP contribution in [0.25, 0.3) is 0 Å². The van der Waals surface area contributed by atoms with Crippen LogP contribution in [0.5, 0.6) is 0 Å². The van der Waals surface area contributed by atoms with Crippen molar-refractivity contribution in [3.05, 3.63) is 29.1 Å². The summed E-state index contributed by atoms with van der Waals surface area (Å²) >= 11 is 0. The third-order valence-corrected chi connectivity index (χ3v) is 3.46. The smallest absolute Gasteiger partial charge is 0.200 e. The van der Waals surface area contributed by atoms with Crippen molar-refractivity contribution < 1.29 is 22.0 Å². The Morgan fingerprint density at radius 3 is 1.72 bits per heavy atom. The van der Waals surface area contributed by atoms with Crippen molar-refractivity contribution in [2.45, 2.75) is 26.2 Å². The van der Waals surface area contributed by atoms with Gasteiger partial charge in [0.2, 0.25) is 5.82 Å². The quantitative estimate of drug-likeness (QED) is 0.495. The molecule has 0 aromatic heterocycles. The average molecular weight is 265 g/mol. The molecule has 1 nitrogen and oxygen atoms in total. The van der Waals surface area contributed by atoms with Crippen molar-refractivity contribution in [3.8, 4) is 0 Å². The van der Waals surface area contributed by atoms with E-state index in [-0.39, 0.29) is 12.0 Å². The van der Waals surface area contributed by atoms with Gasteiger partial charge in [0.15, 0.2) is 23.3 Å². The Hall–Kier alpha value is -1.33. The molecule has 1 N–H and O–H groups in total. The summed E-state index contributed by atoms with van der Waals surface area (Å²) in [6.07, 6.45) is 2.75. The Morgan fingerprint density at radius 1 is 0.889 bits per heavy atom. The first kappa shape index (κ1) is 13.1. The van der Waals surface area contributed by atoms with Crippen LogP contribution in [0.1, 0.15) is 26.2 Å². The van der Waals surface area contributed by atoms with Crippen molar-refractivity contribution in [3.63, 3.8) is 0 Å². The fourth-order valence-corrected chi connectivity index (χ4v) is 2.02. The van der Waals surface area contributed by atoms with Crippen molar-refractivity contribution in [2.75, 3.05) is 11.9 Å². The lowest BCUT2D eigenvalue weighted by Gasteiger charge is -2.38. The van der Waals surface area contributed by atoms with Gasteiger partial charge in [-0.1, -0.05) is 13.3 Å². The second-order valence-corrected chi connectivity index (χ2v) is 4.96. The molecule has 0 unspecified atom stereocenters. The molecule has 1 aliphatic carbocycles. The number of benzene rings is 1. The number of hydrogen-bond acceptors (Lipinski definition) is 1. The molecule has 6 heteroatoms. The average Bonchev–Trinajstić information content (AvgIpc) is 2.31. The minimum atomic E-state index is -2.13. The number of halogens is 5. The van der Waals surface area contributed by atoms with Crippen LogP contribution in [0.15, 0.2) is 0 Å². The number of nitrogens with one attached hydrogen (secondary N) is 1. The minimum absolute atomic E-state index is 0.139. The standard InChI is InChI=1S/C12H12F5N/c1-12(3-2-4-12)5-18-11-9(16)7(14)6(13)8(15)10(11)17/h18H,2-5H2,1H3. The molecular formula is C12H12F5N. The number of anilines is 1. The molecule has 1 aromatic carbocycles. The van der Waals surface area contributed by atoms with E-state index < -0.39 is 34.8 Å². The van der Waals surface area contributed by atoms with Gasteiger partial charge in [-0.3, -0.25) is 0 Å². The minimum Gasteiger partial charge on any atom is -0.380 e. The van der Waals surface area contributed by atoms with E-state index in [4.69, 9.17) is 0 Å². The Balaban J connectivity index is 2.27. The lowest BCUT2D eigenvalue weighted by Crippen LogP contribution is -2.33. The summed E-state index contributed by atoms with van der Waals surface area (Å²) in [6.45, 7) is 2.08. The van der Waals surface area contributed by atoms with E-state index in [1.807, 2.05) is 6.92 Å². The molecular weight excluding hydrogens is 253 g/mol. The molecule has 100 valence electrons. The van der Waals surface area contributed by atoms with Crippen molar-refractivity contribution in [2.24, 2.45) is 5.41 Å². The third-order valence-electron chi connectivity index (χ3n) is 3.46. The van der Waals surface area contributed by atoms with Crippen LogP contribution in [-0.2, 0) is 0 Å². The first-order valence-electron chi connectivity index (χ1n) is 5.61. The Morgan fingerprint density at radius 2 is 1.33 bits per heavy atom. The second-order valence-electron chi connectivity index (χ2n) is 4.96. The predicted molar refractivity (Wildman–Crippen MR) is 56.7 cm³/mol. The monoisotopic (exact) mass is 265 g/mol. The topological polar surface area (TPSA) is 12.0 Å². The van der Waals surface area contributed by atoms with Crippen LogP contribution in [0.2, 0.25) is 0 Å². The van der Waals surface area contributed by atoms with E-state index in [0.29, 0.717) is 0 Å². The van der Waals surface area contributed by atoms with Gasteiger partial charge in [0.1, 0.15) is 5.69 Å². The Labute approximate surface area is 101 Å². The molecule has 18 heavy (non-hydrogen) atoms. The van der Waals surface area contributed by atoms with Gasteiger partial charge in [-0.2, -0.15) is 0 Å². The lowest BCUT2D eigenvalue weighted by atomic mass is 9.70. The van der Waals surface area contributed by atoms with Crippen LogP contribution >= 0.6 is 0 Å². The van der Waals surface area contributed by atoms with E-state index in [1.54, 1.807) is 0 Å². The van der Waals surface area contributed by atoms with Crippen LogP contribution in [-0.4, -0.2) is 6.54 Å². The van der Waals surface area contributed by atoms with Gasteiger partial charge in [-0.25, -0.2) is 22.0 Å². The molecule has 0 heterocycles. The molecule has 0 atom stereocenters. The molecule has 1 fully saturated rings. The molecule has 1 saturated carbocycles. The van der Waals surface area contributed by atoms with E-state index in [2.05, 4.69) is 5.32 Å². The molecule has 1 aliphatic rings. The number of hydrogen-bond donors (Lipinski definition) is 1. The largest absolute Gasteiger partial charge is 0.380 e. The van der Waals surface area contributed by atoms with Crippen LogP contribution < -0.4 is 5.32 Å². The highest BCUT2D eigenvalue weighted by atomic mass is 19.2. The maximum Gasteiger partial charge on any atom is 0.200 e. The maximum absolute atomic E-state index is 13.3. The molecule has 0 amide bonds. The Bertz CT molecular complexity index is 453. The van der Waals surface area contributed by atoms with Crippen LogP contribution in [0, 0.1) is 34.5 Å². The van der Waals surface area contributed by atoms with Gasteiger partial charge < -0.3 is 5.32 Å². The summed E-state index contributed by atoms with van der Waals surface area (Å²) in [5, 5.41) is 2.34. The van der Waals surface area contributed by atoms with E-state index in [0.717, 1.165) is 19.3 Å². The normalized spacial score (nSPS) is 17.4. The summed E-state index contributed by atoms with van der Waals surface area (Å²) in [7, 11) is 0. The molecule has 2 rings (SSSR count). The highest BCUT2D eigenvalue weighted by molar-refractivity contribution is 5.48. The fourth-order valence-electron chi connectivity index (χ4n) is 2.02. The van der Waals surface area contributed by atoms with Crippen LogP contribution in [0.3, 0.4) is 0 Å². The zero-order valence-corrected chi connectivity index (χ0v) is 9.72. The van der Waals surface area contributed by atoms with Gasteiger partial charge in [-0.05, 0) is 18.3 Å². The first-order chi connectivity index (χ1) is 8.36. The summed E-state index contributed by atoms with van der Waals surface area (Å²) in [5.74, 6) is -9.60. The highest BCUT2D eigenvalue weighted by Crippen LogP contribution is 2.40. The third kappa shape index (κ3) is 2.04. The first-order valence-corrected chi connectivity index (χ1v) is 5.61. The Kier molecular flexibility index (Phi) is 3.21. The van der Waals surface area contributed by atoms with Crippen molar-refractivity contribution >= 4 is 5.69 Å². The van der Waals surface area contributed by atoms with Gasteiger partial charge in [0.25, 0.3) is 0 Å². The van der Waals surface area contributed by atoms with E-state index >= 15 is 0 Å². The SMILES string of the molecule is CC1(CNc2c(F)c(F)c(F)c(F)c2F)CCC1. The zero-order valence-electron chi connectivity index (χ0n) is 9.72. The molecule has 0 saturated heterocycles. The predicted octanol–water partition coefficient (Wildman–Crippen LogP) is 3.98. The van der Waals surface area contributed by atoms with Gasteiger partial charge in [0.05, 0.1) is 0 Å². The lowest BCUT2D eigenvalue weighted by molar-refractivity contribution is 0.179. The highest BCUT2D eigenvalue weighted by Gasteiger charge is 2.33. The fraction of sp³-hybridized carbons (Fsp3) is 0.500.